The molecule has 0 atom stereocenters. The molecule has 2 aromatic rings. The molecule has 2 N–H and O–H groups in total. The number of H-pyrrole nitrogens is 1. The number of carbonyl (C=O) groups is 1. The molecule has 0 spiro atoms. The smallest absolute Gasteiger partial charge is 0.260 e. The van der Waals surface area contributed by atoms with Gasteiger partial charge in [0.1, 0.15) is 10.6 Å². The molecule has 9 heteroatoms. The Bertz CT molecular complexity index is 972. The van der Waals surface area contributed by atoms with Gasteiger partial charge in [-0.15, -0.1) is 0 Å². The molecule has 0 radical (unpaired) electrons. The molecule has 1 amide bonds. The molecule has 29 heavy (non-hydrogen) atoms. The van der Waals surface area contributed by atoms with Crippen LogP contribution in [0.2, 0.25) is 0 Å². The van der Waals surface area contributed by atoms with Crippen molar-refractivity contribution in [2.24, 2.45) is 0 Å². The summed E-state index contributed by atoms with van der Waals surface area (Å²) in [4.78, 5) is 14.4. The summed E-state index contributed by atoms with van der Waals surface area (Å²) in [5.74, 6) is 0.584. The highest BCUT2D eigenvalue weighted by Crippen LogP contribution is 2.20. The zero-order valence-electron chi connectivity index (χ0n) is 17.3. The van der Waals surface area contributed by atoms with E-state index in [1.807, 2.05) is 32.0 Å². The van der Waals surface area contributed by atoms with E-state index in [2.05, 4.69) is 14.9 Å². The number of likely N-dealkylation sites (tertiary alicyclic amines) is 1. The third-order valence-electron chi connectivity index (χ3n) is 5.34. The van der Waals surface area contributed by atoms with E-state index in [9.17, 15) is 13.2 Å². The van der Waals surface area contributed by atoms with Crippen LogP contribution in [-0.4, -0.2) is 55.2 Å². The zero-order valence-corrected chi connectivity index (χ0v) is 18.1. The number of hydrogen-bond acceptors (Lipinski definition) is 5. The number of benzene rings is 1. The molecular weight excluding hydrogens is 392 g/mol. The monoisotopic (exact) mass is 420 g/mol. The first-order chi connectivity index (χ1) is 13.7. The average molecular weight is 421 g/mol. The Morgan fingerprint density at radius 1 is 1.21 bits per heavy atom. The first-order valence-corrected chi connectivity index (χ1v) is 11.2. The van der Waals surface area contributed by atoms with Crippen LogP contribution >= 0.6 is 0 Å². The predicted molar refractivity (Wildman–Crippen MR) is 109 cm³/mol. The lowest BCUT2D eigenvalue weighted by atomic mass is 10.1. The van der Waals surface area contributed by atoms with E-state index >= 15 is 0 Å². The molecule has 158 valence electrons. The molecule has 1 aromatic carbocycles. The van der Waals surface area contributed by atoms with Crippen molar-refractivity contribution in [1.29, 1.82) is 0 Å². The summed E-state index contributed by atoms with van der Waals surface area (Å²) >= 11 is 0. The number of piperidine rings is 1. The maximum absolute atomic E-state index is 12.7. The summed E-state index contributed by atoms with van der Waals surface area (Å²) in [7, 11) is -3.64. The highest BCUT2D eigenvalue weighted by molar-refractivity contribution is 7.89. The van der Waals surface area contributed by atoms with Crippen molar-refractivity contribution in [3.05, 3.63) is 40.7 Å². The number of carbonyl (C=O) groups excluding carboxylic acids is 1. The predicted octanol–water partition coefficient (Wildman–Crippen LogP) is 1.99. The number of nitrogens with one attached hydrogen (secondary N) is 2. The van der Waals surface area contributed by atoms with Crippen LogP contribution in [-0.2, 0) is 14.8 Å². The van der Waals surface area contributed by atoms with E-state index in [0.717, 1.165) is 5.56 Å². The fraction of sp³-hybridized carbons (Fsp3) is 0.500. The molecule has 1 fully saturated rings. The van der Waals surface area contributed by atoms with Gasteiger partial charge in [-0.05, 0) is 63.8 Å². The summed E-state index contributed by atoms with van der Waals surface area (Å²) < 4.78 is 33.7. The zero-order chi connectivity index (χ0) is 21.2. The van der Waals surface area contributed by atoms with Gasteiger partial charge in [-0.3, -0.25) is 9.89 Å². The lowest BCUT2D eigenvalue weighted by Gasteiger charge is -2.32. The summed E-state index contributed by atoms with van der Waals surface area (Å²) in [6.45, 7) is 8.34. The van der Waals surface area contributed by atoms with E-state index in [0.29, 0.717) is 43.1 Å². The molecule has 0 unspecified atom stereocenters. The van der Waals surface area contributed by atoms with E-state index in [1.165, 1.54) is 5.56 Å². The number of aromatic amines is 1. The minimum atomic E-state index is -3.64. The summed E-state index contributed by atoms with van der Waals surface area (Å²) in [6.07, 6.45) is 1.12. The first-order valence-electron chi connectivity index (χ1n) is 9.69. The fourth-order valence-corrected chi connectivity index (χ4v) is 5.18. The van der Waals surface area contributed by atoms with Crippen LogP contribution in [0.5, 0.6) is 5.75 Å². The van der Waals surface area contributed by atoms with E-state index in [1.54, 1.807) is 18.7 Å². The van der Waals surface area contributed by atoms with Crippen LogP contribution in [0.4, 0.5) is 0 Å². The van der Waals surface area contributed by atoms with Crippen LogP contribution in [0.1, 0.15) is 35.4 Å². The second kappa shape index (κ2) is 8.54. The Balaban J connectivity index is 1.51. The molecule has 0 aliphatic carbocycles. The molecule has 8 nitrogen and oxygen atoms in total. The number of aromatic nitrogens is 2. The van der Waals surface area contributed by atoms with Crippen molar-refractivity contribution in [3.63, 3.8) is 0 Å². The number of amides is 1. The first kappa shape index (κ1) is 21.3. The van der Waals surface area contributed by atoms with Gasteiger partial charge in [-0.1, -0.05) is 6.07 Å². The van der Waals surface area contributed by atoms with Crippen molar-refractivity contribution in [2.75, 3.05) is 19.7 Å². The van der Waals surface area contributed by atoms with Crippen molar-refractivity contribution in [2.45, 2.75) is 51.5 Å². The third-order valence-corrected chi connectivity index (χ3v) is 7.12. The van der Waals surface area contributed by atoms with Crippen molar-refractivity contribution in [3.8, 4) is 5.75 Å². The molecular formula is C20H28N4O4S. The minimum Gasteiger partial charge on any atom is -0.484 e. The SMILES string of the molecule is Cc1ccc(OCC(=O)N2CCC(NS(=O)(=O)c3c(C)n[nH]c3C)CC2)cc1C. The van der Waals surface area contributed by atoms with Gasteiger partial charge in [0.25, 0.3) is 5.91 Å². The highest BCUT2D eigenvalue weighted by Gasteiger charge is 2.29. The van der Waals surface area contributed by atoms with Gasteiger partial charge in [-0.25, -0.2) is 13.1 Å². The van der Waals surface area contributed by atoms with Crippen molar-refractivity contribution >= 4 is 15.9 Å². The second-order valence-corrected chi connectivity index (χ2v) is 9.23. The Labute approximate surface area is 171 Å². The summed E-state index contributed by atoms with van der Waals surface area (Å²) in [5, 5.41) is 6.66. The van der Waals surface area contributed by atoms with Crippen LogP contribution in [0, 0.1) is 27.7 Å². The number of hydrogen-bond donors (Lipinski definition) is 2. The Morgan fingerprint density at radius 3 is 2.48 bits per heavy atom. The maximum Gasteiger partial charge on any atom is 0.260 e. The number of nitrogens with zero attached hydrogens (tertiary/aromatic N) is 2. The molecule has 0 saturated carbocycles. The van der Waals surface area contributed by atoms with Crippen LogP contribution < -0.4 is 9.46 Å². The molecule has 0 bridgehead atoms. The molecule has 2 heterocycles. The number of rotatable bonds is 6. The van der Waals surface area contributed by atoms with Crippen LogP contribution in [0.3, 0.4) is 0 Å². The average Bonchev–Trinajstić information content (AvgIpc) is 3.02. The van der Waals surface area contributed by atoms with Gasteiger partial charge in [0.15, 0.2) is 6.61 Å². The van der Waals surface area contributed by atoms with Crippen molar-refractivity contribution < 1.29 is 17.9 Å². The van der Waals surface area contributed by atoms with Gasteiger partial charge in [-0.2, -0.15) is 5.10 Å². The number of aryl methyl sites for hydroxylation is 4. The lowest BCUT2D eigenvalue weighted by Crippen LogP contribution is -2.47. The lowest BCUT2D eigenvalue weighted by molar-refractivity contribution is -0.134. The Hall–Kier alpha value is -2.39. The fourth-order valence-electron chi connectivity index (χ4n) is 3.50. The van der Waals surface area contributed by atoms with E-state index in [4.69, 9.17) is 4.74 Å². The molecule has 1 saturated heterocycles. The topological polar surface area (TPSA) is 104 Å². The Kier molecular flexibility index (Phi) is 6.28. The Morgan fingerprint density at radius 2 is 1.90 bits per heavy atom. The van der Waals surface area contributed by atoms with Gasteiger partial charge < -0.3 is 9.64 Å². The van der Waals surface area contributed by atoms with E-state index in [-0.39, 0.29) is 23.5 Å². The van der Waals surface area contributed by atoms with Crippen LogP contribution in [0.25, 0.3) is 0 Å². The number of sulfonamides is 1. The van der Waals surface area contributed by atoms with E-state index < -0.39 is 10.0 Å². The molecule has 1 aliphatic rings. The molecule has 1 aromatic heterocycles. The van der Waals surface area contributed by atoms with Crippen LogP contribution in [0.15, 0.2) is 23.1 Å². The van der Waals surface area contributed by atoms with Gasteiger partial charge >= 0.3 is 0 Å². The van der Waals surface area contributed by atoms with Gasteiger partial charge in [0.2, 0.25) is 10.0 Å². The van der Waals surface area contributed by atoms with Gasteiger partial charge in [0, 0.05) is 19.1 Å². The minimum absolute atomic E-state index is 0.0215. The molecule has 3 rings (SSSR count). The van der Waals surface area contributed by atoms with Gasteiger partial charge in [0.05, 0.1) is 11.4 Å². The quantitative estimate of drug-likeness (QED) is 0.744. The normalized spacial score (nSPS) is 15.5. The third kappa shape index (κ3) is 4.97. The standard InChI is InChI=1S/C20H28N4O4S/c1-13-5-6-18(11-14(13)2)28-12-19(25)24-9-7-17(8-10-24)23-29(26,27)20-15(3)21-22-16(20)4/h5-6,11,17,23H,7-10,12H2,1-4H3,(H,21,22). The number of ether oxygens (including phenoxy) is 1. The van der Waals surface area contributed by atoms with Crippen molar-refractivity contribution in [1.82, 2.24) is 19.8 Å². The summed E-state index contributed by atoms with van der Waals surface area (Å²) in [5.41, 5.74) is 3.26. The molecule has 1 aliphatic heterocycles. The summed E-state index contributed by atoms with van der Waals surface area (Å²) in [6, 6.07) is 5.54. The highest BCUT2D eigenvalue weighted by atomic mass is 32.2. The largest absolute Gasteiger partial charge is 0.484 e. The maximum atomic E-state index is 12.7. The second-order valence-electron chi connectivity index (χ2n) is 7.57.